The molecule has 0 bridgehead atoms. The molecule has 1 aliphatic carbocycles. The predicted molar refractivity (Wildman–Crippen MR) is 46.2 cm³/mol. The van der Waals surface area contributed by atoms with Crippen molar-refractivity contribution in [1.82, 2.24) is 0 Å². The van der Waals surface area contributed by atoms with E-state index in [0.717, 1.165) is 25.7 Å². The molecule has 1 saturated carbocycles. The summed E-state index contributed by atoms with van der Waals surface area (Å²) in [4.78, 5) is 0. The Morgan fingerprint density at radius 1 is 1.08 bits per heavy atom. The molecule has 0 spiro atoms. The second kappa shape index (κ2) is 3.95. The Hall–Kier alpha value is 0.220. The molecule has 0 radical (unpaired) electrons. The summed E-state index contributed by atoms with van der Waals surface area (Å²) in [5.41, 5.74) is 0. The van der Waals surface area contributed by atoms with Crippen LogP contribution in [0.3, 0.4) is 0 Å². The molecular formula is C8H15F3P+. The van der Waals surface area contributed by atoms with E-state index in [0.29, 0.717) is 5.92 Å². The van der Waals surface area contributed by atoms with Crippen LogP contribution >= 0.6 is 8.19 Å². The van der Waals surface area contributed by atoms with Crippen molar-refractivity contribution in [1.29, 1.82) is 0 Å². The summed E-state index contributed by atoms with van der Waals surface area (Å²) < 4.78 is 36.1. The molecule has 0 unspecified atom stereocenters. The minimum atomic E-state index is -5.00. The highest BCUT2D eigenvalue weighted by Gasteiger charge is 2.45. The molecular weight excluding hydrogens is 184 g/mol. The lowest BCUT2D eigenvalue weighted by molar-refractivity contribution is 0.304. The van der Waals surface area contributed by atoms with Crippen molar-refractivity contribution in [2.75, 3.05) is 6.16 Å². The fourth-order valence-electron chi connectivity index (χ4n) is 1.80. The molecule has 0 aromatic carbocycles. The second-order valence-corrected chi connectivity index (χ2v) is 5.32. The number of rotatable bonds is 2. The number of hydrogen-bond donors (Lipinski definition) is 0. The number of halogens is 3. The van der Waals surface area contributed by atoms with Gasteiger partial charge in [-0.25, -0.2) is 0 Å². The Labute approximate surface area is 72.2 Å². The topological polar surface area (TPSA) is 0 Å². The molecule has 0 aromatic heterocycles. The Kier molecular flexibility index (Phi) is 3.39. The zero-order valence-electron chi connectivity index (χ0n) is 7.27. The fraction of sp³-hybridized carbons (Fsp3) is 1.00. The first-order chi connectivity index (χ1) is 5.47. The van der Waals surface area contributed by atoms with Gasteiger partial charge in [0.25, 0.3) is 0 Å². The van der Waals surface area contributed by atoms with E-state index < -0.39 is 14.4 Å². The smallest absolute Gasteiger partial charge is 0.0625 e. The van der Waals surface area contributed by atoms with Crippen LogP contribution in [0, 0.1) is 11.8 Å². The molecule has 4 heteroatoms. The molecule has 0 nitrogen and oxygen atoms in total. The Morgan fingerprint density at radius 3 is 2.00 bits per heavy atom. The summed E-state index contributed by atoms with van der Waals surface area (Å²) >= 11 is 0. The van der Waals surface area contributed by atoms with Crippen LogP contribution in [0.15, 0.2) is 0 Å². The predicted octanol–water partition coefficient (Wildman–Crippen LogP) is 4.48. The monoisotopic (exact) mass is 199 g/mol. The van der Waals surface area contributed by atoms with Crippen molar-refractivity contribution in [2.45, 2.75) is 32.6 Å². The lowest BCUT2D eigenvalue weighted by Gasteiger charge is -2.23. The van der Waals surface area contributed by atoms with Gasteiger partial charge in [0.1, 0.15) is 0 Å². The summed E-state index contributed by atoms with van der Waals surface area (Å²) in [6, 6.07) is 0. The third kappa shape index (κ3) is 3.75. The molecule has 0 aromatic rings. The van der Waals surface area contributed by atoms with Crippen LogP contribution < -0.4 is 0 Å². The van der Waals surface area contributed by atoms with Gasteiger partial charge in [-0.1, -0.05) is 19.8 Å². The van der Waals surface area contributed by atoms with E-state index in [1.807, 2.05) is 0 Å². The van der Waals surface area contributed by atoms with Crippen molar-refractivity contribution in [3.8, 4) is 0 Å². The average molecular weight is 199 g/mol. The van der Waals surface area contributed by atoms with E-state index in [2.05, 4.69) is 6.92 Å². The minimum absolute atomic E-state index is 0.0467. The summed E-state index contributed by atoms with van der Waals surface area (Å²) in [6.07, 6.45) is 3.11. The molecule has 0 aliphatic heterocycles. The first-order valence-electron chi connectivity index (χ1n) is 4.44. The van der Waals surface area contributed by atoms with Crippen molar-refractivity contribution in [2.24, 2.45) is 11.8 Å². The van der Waals surface area contributed by atoms with Crippen LogP contribution in [0.5, 0.6) is 0 Å². The SMILES string of the molecule is CC1CCC(C[P+](F)(F)F)CC1. The van der Waals surface area contributed by atoms with Gasteiger partial charge in [-0.2, -0.15) is 0 Å². The van der Waals surface area contributed by atoms with Crippen LogP contribution in [0.1, 0.15) is 32.6 Å². The van der Waals surface area contributed by atoms with Crippen molar-refractivity contribution in [3.63, 3.8) is 0 Å². The maximum Gasteiger partial charge on any atom is 0.569 e. The molecule has 0 N–H and O–H groups in total. The third-order valence-electron chi connectivity index (χ3n) is 2.60. The van der Waals surface area contributed by atoms with Gasteiger partial charge in [0.05, 0.1) is 0 Å². The molecule has 72 valence electrons. The quantitative estimate of drug-likeness (QED) is 0.575. The largest absolute Gasteiger partial charge is 0.569 e. The first-order valence-corrected chi connectivity index (χ1v) is 6.09. The fourth-order valence-corrected chi connectivity index (χ4v) is 2.76. The lowest BCUT2D eigenvalue weighted by Crippen LogP contribution is -2.14. The molecule has 0 atom stereocenters. The number of hydrogen-bond acceptors (Lipinski definition) is 0. The molecule has 1 aliphatic rings. The van der Waals surface area contributed by atoms with Gasteiger partial charge < -0.3 is 0 Å². The van der Waals surface area contributed by atoms with Gasteiger partial charge in [-0.05, 0) is 18.8 Å². The Morgan fingerprint density at radius 2 is 1.58 bits per heavy atom. The zero-order valence-corrected chi connectivity index (χ0v) is 8.17. The summed E-state index contributed by atoms with van der Waals surface area (Å²) in [5, 5.41) is 0. The normalized spacial score (nSPS) is 32.0. The van der Waals surface area contributed by atoms with E-state index in [4.69, 9.17) is 0 Å². The first kappa shape index (κ1) is 10.3. The molecule has 1 fully saturated rings. The molecule has 0 amide bonds. The van der Waals surface area contributed by atoms with Crippen LogP contribution in [0.25, 0.3) is 0 Å². The van der Waals surface area contributed by atoms with E-state index >= 15 is 0 Å². The van der Waals surface area contributed by atoms with Crippen LogP contribution in [-0.4, -0.2) is 6.16 Å². The van der Waals surface area contributed by atoms with Crippen LogP contribution in [0.4, 0.5) is 12.6 Å². The van der Waals surface area contributed by atoms with Crippen molar-refractivity contribution < 1.29 is 12.6 Å². The van der Waals surface area contributed by atoms with Crippen LogP contribution in [-0.2, 0) is 0 Å². The molecule has 12 heavy (non-hydrogen) atoms. The van der Waals surface area contributed by atoms with Gasteiger partial charge in [0.2, 0.25) is 0 Å². The highest BCUT2D eigenvalue weighted by atomic mass is 31.3. The standard InChI is InChI=1S/C8H15F3P/c1-7-2-4-8(5-3-7)6-12(9,10)11/h7-8H,2-6H2,1H3/q+1. The Bertz CT molecular complexity index is 136. The molecule has 0 heterocycles. The van der Waals surface area contributed by atoms with E-state index in [9.17, 15) is 12.6 Å². The average Bonchev–Trinajstić information content (AvgIpc) is 1.91. The highest BCUT2D eigenvalue weighted by Crippen LogP contribution is 2.66. The van der Waals surface area contributed by atoms with Gasteiger partial charge in [-0.3, -0.25) is 0 Å². The maximum absolute atomic E-state index is 12.0. The molecule has 1 rings (SSSR count). The second-order valence-electron chi connectivity index (χ2n) is 3.86. The van der Waals surface area contributed by atoms with Gasteiger partial charge in [-0.15, -0.1) is 0 Å². The highest BCUT2D eigenvalue weighted by molar-refractivity contribution is 7.60. The third-order valence-corrected chi connectivity index (χ3v) is 3.53. The van der Waals surface area contributed by atoms with Gasteiger partial charge in [0, 0.05) is 18.5 Å². The van der Waals surface area contributed by atoms with Crippen molar-refractivity contribution >= 4 is 8.19 Å². The van der Waals surface area contributed by atoms with Gasteiger partial charge in [0.15, 0.2) is 6.16 Å². The molecule has 0 saturated heterocycles. The Balaban J connectivity index is 2.26. The van der Waals surface area contributed by atoms with Crippen LogP contribution in [0.2, 0.25) is 0 Å². The zero-order chi connectivity index (χ0) is 9.19. The van der Waals surface area contributed by atoms with Gasteiger partial charge >= 0.3 is 8.19 Å². The van der Waals surface area contributed by atoms with E-state index in [1.165, 1.54) is 0 Å². The van der Waals surface area contributed by atoms with E-state index in [-0.39, 0.29) is 5.92 Å². The van der Waals surface area contributed by atoms with E-state index in [1.54, 1.807) is 0 Å². The summed E-state index contributed by atoms with van der Waals surface area (Å²) in [6.45, 7) is 2.12. The summed E-state index contributed by atoms with van der Waals surface area (Å²) in [7, 11) is -5.00. The maximum atomic E-state index is 12.0. The lowest BCUT2D eigenvalue weighted by atomic mass is 9.84. The minimum Gasteiger partial charge on any atom is -0.0625 e. The summed E-state index contributed by atoms with van der Waals surface area (Å²) in [5.74, 6) is 0.599. The van der Waals surface area contributed by atoms with Crippen molar-refractivity contribution in [3.05, 3.63) is 0 Å².